The van der Waals surface area contributed by atoms with Crippen molar-refractivity contribution in [2.75, 3.05) is 31.2 Å². The van der Waals surface area contributed by atoms with Gasteiger partial charge in [-0.15, -0.1) is 0 Å². The molecule has 1 aromatic rings. The van der Waals surface area contributed by atoms with Crippen LogP contribution in [0.1, 0.15) is 23.7 Å². The number of nitrogens with zero attached hydrogens (tertiary/aromatic N) is 1. The van der Waals surface area contributed by atoms with Crippen LogP contribution in [-0.4, -0.2) is 68.3 Å². The maximum absolute atomic E-state index is 13.1. The fraction of sp³-hybridized carbons (Fsp3) is 0.471. The maximum atomic E-state index is 13.1. The Kier molecular flexibility index (Phi) is 6.89. The monoisotopic (exact) mass is 400 g/mol. The third kappa shape index (κ3) is 6.02. The second kappa shape index (κ2) is 8.94. The molecule has 1 aliphatic rings. The molecule has 0 bridgehead atoms. The molecule has 2 amide bonds. The molecule has 0 aromatic heterocycles. The van der Waals surface area contributed by atoms with Crippen LogP contribution in [0.2, 0.25) is 0 Å². The highest BCUT2D eigenvalue weighted by Crippen LogP contribution is 2.17. The van der Waals surface area contributed by atoms with E-state index in [4.69, 9.17) is 4.74 Å². The molecule has 1 heterocycles. The number of carbonyl (C=O) groups is 3. The molecule has 0 aliphatic carbocycles. The Morgan fingerprint density at radius 2 is 2.07 bits per heavy atom. The van der Waals surface area contributed by atoms with E-state index in [1.165, 1.54) is 23.1 Å². The van der Waals surface area contributed by atoms with E-state index >= 15 is 0 Å². The van der Waals surface area contributed by atoms with Crippen molar-refractivity contribution >= 4 is 27.6 Å². The summed E-state index contributed by atoms with van der Waals surface area (Å²) in [5.74, 6) is -2.61. The van der Waals surface area contributed by atoms with Crippen LogP contribution in [0.15, 0.2) is 24.3 Å². The molecular formula is C17H21FN2O6S. The number of esters is 1. The van der Waals surface area contributed by atoms with Crippen LogP contribution in [-0.2, 0) is 24.2 Å². The molecule has 0 saturated carbocycles. The second-order valence-electron chi connectivity index (χ2n) is 6.09. The minimum Gasteiger partial charge on any atom is -0.454 e. The van der Waals surface area contributed by atoms with Gasteiger partial charge in [-0.25, -0.2) is 12.8 Å². The summed E-state index contributed by atoms with van der Waals surface area (Å²) < 4.78 is 41.0. The van der Waals surface area contributed by atoms with Gasteiger partial charge in [0.25, 0.3) is 11.8 Å². The van der Waals surface area contributed by atoms with E-state index in [9.17, 15) is 27.2 Å². The molecule has 2 rings (SSSR count). The molecule has 1 saturated heterocycles. The van der Waals surface area contributed by atoms with Crippen molar-refractivity contribution in [1.29, 1.82) is 0 Å². The van der Waals surface area contributed by atoms with E-state index in [0.717, 1.165) is 6.07 Å². The summed E-state index contributed by atoms with van der Waals surface area (Å²) in [7, 11) is -3.14. The molecule has 0 radical (unpaired) electrons. The quantitative estimate of drug-likeness (QED) is 0.652. The molecule has 148 valence electrons. The highest BCUT2D eigenvalue weighted by molar-refractivity contribution is 7.91. The van der Waals surface area contributed by atoms with Crippen LogP contribution < -0.4 is 5.32 Å². The van der Waals surface area contributed by atoms with Crippen molar-refractivity contribution in [3.05, 3.63) is 35.6 Å². The SMILES string of the molecule is CCN(C(=O)COC(=O)CNC(=O)c1cccc(F)c1)[C@H]1CCS(=O)(=O)C1. The van der Waals surface area contributed by atoms with Crippen LogP contribution in [0.5, 0.6) is 0 Å². The number of likely N-dealkylation sites (N-methyl/N-ethyl adjacent to an activating group) is 1. The number of hydrogen-bond donors (Lipinski definition) is 1. The summed E-state index contributed by atoms with van der Waals surface area (Å²) in [6.07, 6.45) is 0.361. The molecule has 1 N–H and O–H groups in total. The van der Waals surface area contributed by atoms with Crippen molar-refractivity contribution in [1.82, 2.24) is 10.2 Å². The first-order valence-corrected chi connectivity index (χ1v) is 10.2. The van der Waals surface area contributed by atoms with Gasteiger partial charge in [0.05, 0.1) is 11.5 Å². The molecule has 10 heteroatoms. The van der Waals surface area contributed by atoms with E-state index in [1.807, 2.05) is 0 Å². The Labute approximate surface area is 156 Å². The number of halogens is 1. The number of nitrogens with one attached hydrogen (secondary N) is 1. The summed E-state index contributed by atoms with van der Waals surface area (Å²) in [4.78, 5) is 37.1. The predicted octanol–water partition coefficient (Wildman–Crippen LogP) is 0.134. The van der Waals surface area contributed by atoms with Gasteiger partial charge in [-0.1, -0.05) is 6.07 Å². The fourth-order valence-corrected chi connectivity index (χ4v) is 4.55. The highest BCUT2D eigenvalue weighted by atomic mass is 32.2. The fourth-order valence-electron chi connectivity index (χ4n) is 2.82. The molecule has 27 heavy (non-hydrogen) atoms. The van der Waals surface area contributed by atoms with Gasteiger partial charge >= 0.3 is 5.97 Å². The standard InChI is InChI=1S/C17H21FN2O6S/c1-2-20(14-6-7-27(24,25)11-14)15(21)10-26-16(22)9-19-17(23)12-4-3-5-13(18)8-12/h3-5,8,14H,2,6-7,9-11H2,1H3,(H,19,23)/t14-/m0/s1. The smallest absolute Gasteiger partial charge is 0.325 e. The number of benzene rings is 1. The molecule has 1 aliphatic heterocycles. The summed E-state index contributed by atoms with van der Waals surface area (Å²) in [5, 5.41) is 2.27. The van der Waals surface area contributed by atoms with E-state index in [-0.39, 0.29) is 17.1 Å². The molecule has 0 unspecified atom stereocenters. The minimum atomic E-state index is -3.14. The van der Waals surface area contributed by atoms with Crippen molar-refractivity contribution in [2.24, 2.45) is 0 Å². The van der Waals surface area contributed by atoms with Gasteiger partial charge in [0, 0.05) is 18.2 Å². The number of carbonyl (C=O) groups excluding carboxylic acids is 3. The Morgan fingerprint density at radius 3 is 2.67 bits per heavy atom. The lowest BCUT2D eigenvalue weighted by atomic mass is 10.2. The van der Waals surface area contributed by atoms with E-state index in [0.29, 0.717) is 13.0 Å². The zero-order valence-corrected chi connectivity index (χ0v) is 15.6. The van der Waals surface area contributed by atoms with Gasteiger partial charge < -0.3 is 15.0 Å². The van der Waals surface area contributed by atoms with Gasteiger partial charge in [-0.05, 0) is 31.5 Å². The maximum Gasteiger partial charge on any atom is 0.325 e. The third-order valence-electron chi connectivity index (χ3n) is 4.15. The molecule has 1 aromatic carbocycles. The third-order valence-corrected chi connectivity index (χ3v) is 5.90. The molecule has 1 fully saturated rings. The Balaban J connectivity index is 1.78. The van der Waals surface area contributed by atoms with Crippen LogP contribution in [0.25, 0.3) is 0 Å². The first-order chi connectivity index (χ1) is 12.7. The summed E-state index contributed by atoms with van der Waals surface area (Å²) in [6, 6.07) is 4.55. The summed E-state index contributed by atoms with van der Waals surface area (Å²) >= 11 is 0. The number of hydrogen-bond acceptors (Lipinski definition) is 6. The lowest BCUT2D eigenvalue weighted by Crippen LogP contribution is -2.43. The van der Waals surface area contributed by atoms with Crippen LogP contribution in [0.3, 0.4) is 0 Å². The van der Waals surface area contributed by atoms with Crippen molar-refractivity contribution in [2.45, 2.75) is 19.4 Å². The van der Waals surface area contributed by atoms with Crippen molar-refractivity contribution < 1.29 is 31.9 Å². The zero-order chi connectivity index (χ0) is 20.0. The molecule has 0 spiro atoms. The van der Waals surface area contributed by atoms with Crippen molar-refractivity contribution in [3.63, 3.8) is 0 Å². The lowest BCUT2D eigenvalue weighted by Gasteiger charge is -2.26. The van der Waals surface area contributed by atoms with Crippen LogP contribution >= 0.6 is 0 Å². The molecule has 1 atom stereocenters. The minimum absolute atomic E-state index is 0.0351. The second-order valence-corrected chi connectivity index (χ2v) is 8.32. The molecular weight excluding hydrogens is 379 g/mol. The molecule has 8 nitrogen and oxygen atoms in total. The topological polar surface area (TPSA) is 110 Å². The summed E-state index contributed by atoms with van der Waals surface area (Å²) in [5.41, 5.74) is 0.0541. The van der Waals surface area contributed by atoms with Gasteiger partial charge in [-0.3, -0.25) is 14.4 Å². The van der Waals surface area contributed by atoms with E-state index in [2.05, 4.69) is 5.32 Å². The van der Waals surface area contributed by atoms with Gasteiger partial charge in [0.2, 0.25) is 0 Å². The van der Waals surface area contributed by atoms with Crippen LogP contribution in [0, 0.1) is 5.82 Å². The number of ether oxygens (including phenoxy) is 1. The normalized spacial score (nSPS) is 17.9. The van der Waals surface area contributed by atoms with E-state index in [1.54, 1.807) is 6.92 Å². The number of rotatable bonds is 7. The van der Waals surface area contributed by atoms with E-state index < -0.39 is 52.6 Å². The van der Waals surface area contributed by atoms with Gasteiger partial charge in [0.1, 0.15) is 12.4 Å². The first kappa shape index (κ1) is 20.8. The Morgan fingerprint density at radius 1 is 1.33 bits per heavy atom. The first-order valence-electron chi connectivity index (χ1n) is 8.41. The van der Waals surface area contributed by atoms with Gasteiger partial charge in [-0.2, -0.15) is 0 Å². The largest absolute Gasteiger partial charge is 0.454 e. The summed E-state index contributed by atoms with van der Waals surface area (Å²) in [6.45, 7) is 0.988. The number of amides is 2. The predicted molar refractivity (Wildman–Crippen MR) is 94.1 cm³/mol. The highest BCUT2D eigenvalue weighted by Gasteiger charge is 2.34. The average Bonchev–Trinajstić information content (AvgIpc) is 2.98. The average molecular weight is 400 g/mol. The lowest BCUT2D eigenvalue weighted by molar-refractivity contribution is -0.151. The Hall–Kier alpha value is -2.49. The number of sulfone groups is 1. The van der Waals surface area contributed by atoms with Crippen molar-refractivity contribution in [3.8, 4) is 0 Å². The zero-order valence-electron chi connectivity index (χ0n) is 14.8. The van der Waals surface area contributed by atoms with Crippen LogP contribution in [0.4, 0.5) is 4.39 Å². The Bertz CT molecular complexity index is 826. The van der Waals surface area contributed by atoms with Gasteiger partial charge in [0.15, 0.2) is 16.4 Å².